The number of hydrogen-bond acceptors (Lipinski definition) is 5. The molecular formula is C14H18N2O2S3. The second-order valence-corrected chi connectivity index (χ2v) is 6.97. The molecule has 4 nitrogen and oxygen atoms in total. The van der Waals surface area contributed by atoms with E-state index in [-0.39, 0.29) is 5.97 Å². The topological polar surface area (TPSA) is 50.4 Å². The van der Waals surface area contributed by atoms with Gasteiger partial charge in [-0.15, -0.1) is 17.9 Å². The highest BCUT2D eigenvalue weighted by molar-refractivity contribution is 7.98. The first-order chi connectivity index (χ1) is 10.2. The van der Waals surface area contributed by atoms with Crippen LogP contribution < -0.4 is 10.6 Å². The summed E-state index contributed by atoms with van der Waals surface area (Å²) < 4.78 is 5.20. The van der Waals surface area contributed by atoms with E-state index in [1.807, 2.05) is 18.7 Å². The number of thiocarbonyl (C=S) groups is 1. The Kier molecular flexibility index (Phi) is 6.08. The molecule has 1 aromatic rings. The molecule has 1 aliphatic heterocycles. The second-order valence-electron chi connectivity index (χ2n) is 4.35. The van der Waals surface area contributed by atoms with Crippen LogP contribution in [0.1, 0.15) is 27.7 Å². The number of fused-ring (bicyclic) bond motifs is 1. The zero-order valence-electron chi connectivity index (χ0n) is 11.9. The number of carbonyl (C=O) groups excluding carboxylic acids is 1. The molecule has 0 bridgehead atoms. The highest BCUT2D eigenvalue weighted by Crippen LogP contribution is 2.39. The summed E-state index contributed by atoms with van der Waals surface area (Å²) in [4.78, 5) is 13.5. The van der Waals surface area contributed by atoms with Crippen molar-refractivity contribution in [3.8, 4) is 0 Å². The van der Waals surface area contributed by atoms with Gasteiger partial charge in [0.25, 0.3) is 0 Å². The van der Waals surface area contributed by atoms with Crippen LogP contribution in [0.2, 0.25) is 0 Å². The molecule has 21 heavy (non-hydrogen) atoms. The molecule has 0 amide bonds. The van der Waals surface area contributed by atoms with Crippen LogP contribution in [0.25, 0.3) is 0 Å². The fourth-order valence-corrected chi connectivity index (χ4v) is 4.68. The van der Waals surface area contributed by atoms with Gasteiger partial charge in [-0.3, -0.25) is 0 Å². The van der Waals surface area contributed by atoms with Gasteiger partial charge in [0.2, 0.25) is 0 Å². The number of esters is 1. The minimum absolute atomic E-state index is 0.268. The molecule has 0 spiro atoms. The smallest absolute Gasteiger partial charge is 0.341 e. The molecule has 114 valence electrons. The van der Waals surface area contributed by atoms with Crippen molar-refractivity contribution in [1.29, 1.82) is 0 Å². The fraction of sp³-hybridized carbons (Fsp3) is 0.429. The van der Waals surface area contributed by atoms with Crippen LogP contribution in [-0.2, 0) is 16.9 Å². The maximum absolute atomic E-state index is 12.3. The summed E-state index contributed by atoms with van der Waals surface area (Å²) in [5.74, 6) is 1.71. The molecule has 7 heteroatoms. The van der Waals surface area contributed by atoms with Gasteiger partial charge in [0, 0.05) is 17.2 Å². The molecule has 0 atom stereocenters. The summed E-state index contributed by atoms with van der Waals surface area (Å²) >= 11 is 8.71. The minimum atomic E-state index is -0.268. The van der Waals surface area contributed by atoms with Crippen LogP contribution in [0.15, 0.2) is 12.7 Å². The summed E-state index contributed by atoms with van der Waals surface area (Å²) in [5.41, 5.74) is 1.77. The number of ether oxygens (including phenoxy) is 1. The lowest BCUT2D eigenvalue weighted by atomic mass is 10.1. The van der Waals surface area contributed by atoms with Crippen LogP contribution >= 0.6 is 35.3 Å². The summed E-state index contributed by atoms with van der Waals surface area (Å²) in [6.45, 7) is 6.41. The largest absolute Gasteiger partial charge is 0.462 e. The minimum Gasteiger partial charge on any atom is -0.462 e. The van der Waals surface area contributed by atoms with Gasteiger partial charge in [-0.1, -0.05) is 6.08 Å². The van der Waals surface area contributed by atoms with Gasteiger partial charge >= 0.3 is 5.97 Å². The third kappa shape index (κ3) is 3.99. The first-order valence-corrected chi connectivity index (χ1v) is 9.10. The van der Waals surface area contributed by atoms with Crippen molar-refractivity contribution in [2.24, 2.45) is 0 Å². The SMILES string of the molecule is C=CCNC(=S)Nc1sc2c(c1C(=O)OCC)CCSC2. The Balaban J connectivity index is 2.26. The van der Waals surface area contributed by atoms with Gasteiger partial charge < -0.3 is 15.4 Å². The van der Waals surface area contributed by atoms with E-state index in [1.54, 1.807) is 17.4 Å². The maximum Gasteiger partial charge on any atom is 0.341 e. The number of rotatable bonds is 5. The number of hydrogen-bond donors (Lipinski definition) is 2. The average molecular weight is 343 g/mol. The highest BCUT2D eigenvalue weighted by atomic mass is 32.2. The predicted molar refractivity (Wildman–Crippen MR) is 94.6 cm³/mol. The van der Waals surface area contributed by atoms with Gasteiger partial charge in [0.05, 0.1) is 12.2 Å². The lowest BCUT2D eigenvalue weighted by Gasteiger charge is -2.12. The van der Waals surface area contributed by atoms with Crippen molar-refractivity contribution in [2.75, 3.05) is 24.2 Å². The van der Waals surface area contributed by atoms with Crippen LogP contribution in [0.4, 0.5) is 5.00 Å². The van der Waals surface area contributed by atoms with Crippen LogP contribution in [0.5, 0.6) is 0 Å². The molecule has 0 radical (unpaired) electrons. The molecule has 0 fully saturated rings. The van der Waals surface area contributed by atoms with E-state index in [9.17, 15) is 4.79 Å². The molecule has 2 heterocycles. The Morgan fingerprint density at radius 1 is 1.57 bits per heavy atom. The summed E-state index contributed by atoms with van der Waals surface area (Å²) in [5, 5.41) is 7.41. The van der Waals surface area contributed by atoms with Gasteiger partial charge in [-0.05, 0) is 36.9 Å². The maximum atomic E-state index is 12.3. The van der Waals surface area contributed by atoms with Crippen molar-refractivity contribution in [3.05, 3.63) is 28.7 Å². The van der Waals surface area contributed by atoms with Crippen molar-refractivity contribution >= 4 is 51.4 Å². The van der Waals surface area contributed by atoms with E-state index in [0.29, 0.717) is 23.8 Å². The molecule has 1 aromatic heterocycles. The Morgan fingerprint density at radius 3 is 3.10 bits per heavy atom. The quantitative estimate of drug-likeness (QED) is 0.487. The van der Waals surface area contributed by atoms with E-state index in [2.05, 4.69) is 17.2 Å². The molecule has 1 aliphatic rings. The van der Waals surface area contributed by atoms with Crippen LogP contribution in [-0.4, -0.2) is 30.0 Å². The van der Waals surface area contributed by atoms with E-state index in [0.717, 1.165) is 28.5 Å². The molecule has 0 aromatic carbocycles. The lowest BCUT2D eigenvalue weighted by Crippen LogP contribution is -2.28. The monoisotopic (exact) mass is 342 g/mol. The van der Waals surface area contributed by atoms with Gasteiger partial charge in [-0.25, -0.2) is 4.79 Å². The van der Waals surface area contributed by atoms with Gasteiger partial charge in [0.15, 0.2) is 5.11 Å². The number of thiophene rings is 1. The number of carbonyl (C=O) groups is 1. The van der Waals surface area contributed by atoms with Crippen molar-refractivity contribution in [1.82, 2.24) is 5.32 Å². The molecule has 0 saturated carbocycles. The summed E-state index contributed by atoms with van der Waals surface area (Å²) in [7, 11) is 0. The first kappa shape index (κ1) is 16.3. The number of anilines is 1. The lowest BCUT2D eigenvalue weighted by molar-refractivity contribution is 0.0527. The van der Waals surface area contributed by atoms with Crippen molar-refractivity contribution in [3.63, 3.8) is 0 Å². The highest BCUT2D eigenvalue weighted by Gasteiger charge is 2.26. The second kappa shape index (κ2) is 7.82. The predicted octanol–water partition coefficient (Wildman–Crippen LogP) is 3.19. The van der Waals surface area contributed by atoms with Gasteiger partial charge in [-0.2, -0.15) is 11.8 Å². The van der Waals surface area contributed by atoms with E-state index in [4.69, 9.17) is 17.0 Å². The summed E-state index contributed by atoms with van der Waals surface area (Å²) in [6, 6.07) is 0. The normalized spacial score (nSPS) is 13.2. The summed E-state index contributed by atoms with van der Waals surface area (Å²) in [6.07, 6.45) is 2.63. The molecular weight excluding hydrogens is 324 g/mol. The molecule has 2 rings (SSSR count). The Morgan fingerprint density at radius 2 is 2.38 bits per heavy atom. The van der Waals surface area contributed by atoms with E-state index < -0.39 is 0 Å². The Bertz CT molecular complexity index is 555. The zero-order valence-corrected chi connectivity index (χ0v) is 14.3. The molecule has 2 N–H and O–H groups in total. The molecule has 0 aliphatic carbocycles. The average Bonchev–Trinajstić information content (AvgIpc) is 2.83. The number of nitrogens with one attached hydrogen (secondary N) is 2. The molecule has 0 saturated heterocycles. The number of thioether (sulfide) groups is 1. The standard InChI is InChI=1S/C14H18N2O2S3/c1-3-6-15-14(19)16-12-11(13(17)18-4-2)9-5-7-20-8-10(9)21-12/h3H,1,4-8H2,2H3,(H2,15,16,19). The van der Waals surface area contributed by atoms with Crippen molar-refractivity contribution < 1.29 is 9.53 Å². The van der Waals surface area contributed by atoms with Gasteiger partial charge in [0.1, 0.15) is 5.00 Å². The van der Waals surface area contributed by atoms with E-state index >= 15 is 0 Å². The third-order valence-corrected chi connectivity index (χ3v) is 5.50. The van der Waals surface area contributed by atoms with Crippen LogP contribution in [0.3, 0.4) is 0 Å². The third-order valence-electron chi connectivity index (χ3n) is 2.93. The fourth-order valence-electron chi connectivity index (χ4n) is 2.05. The van der Waals surface area contributed by atoms with Crippen LogP contribution in [0, 0.1) is 0 Å². The Labute approximate surface area is 138 Å². The van der Waals surface area contributed by atoms with E-state index in [1.165, 1.54) is 4.88 Å². The first-order valence-electron chi connectivity index (χ1n) is 6.72. The zero-order chi connectivity index (χ0) is 15.2. The molecule has 0 unspecified atom stereocenters. The van der Waals surface area contributed by atoms with Crippen molar-refractivity contribution in [2.45, 2.75) is 19.1 Å². The Hall–Kier alpha value is -1.05.